The lowest BCUT2D eigenvalue weighted by Gasteiger charge is -2.34. The van der Waals surface area contributed by atoms with E-state index in [0.29, 0.717) is 42.3 Å². The third kappa shape index (κ3) is 4.23. The van der Waals surface area contributed by atoms with Crippen LogP contribution >= 0.6 is 0 Å². The summed E-state index contributed by atoms with van der Waals surface area (Å²) in [6.45, 7) is 2.02. The van der Waals surface area contributed by atoms with E-state index in [2.05, 4.69) is 21.7 Å². The summed E-state index contributed by atoms with van der Waals surface area (Å²) < 4.78 is 16.3. The number of ether oxygens (including phenoxy) is 3. The predicted octanol–water partition coefficient (Wildman–Crippen LogP) is 2.34. The van der Waals surface area contributed by atoms with Gasteiger partial charge in [0.2, 0.25) is 5.88 Å². The highest BCUT2D eigenvalue weighted by Crippen LogP contribution is 2.34. The van der Waals surface area contributed by atoms with Crippen LogP contribution in [0.5, 0.6) is 11.6 Å². The van der Waals surface area contributed by atoms with E-state index in [0.717, 1.165) is 11.1 Å². The Morgan fingerprint density at radius 1 is 1.42 bits per heavy atom. The van der Waals surface area contributed by atoms with Crippen LogP contribution in [0.4, 0.5) is 10.6 Å². The minimum Gasteiger partial charge on any atom is -0.481 e. The maximum atomic E-state index is 13.0. The van der Waals surface area contributed by atoms with Crippen LogP contribution in [0, 0.1) is 11.3 Å². The van der Waals surface area contributed by atoms with E-state index < -0.39 is 11.7 Å². The lowest BCUT2D eigenvalue weighted by molar-refractivity contribution is -0.131. The molecule has 2 aliphatic heterocycles. The Hall–Kier alpha value is -3.80. The van der Waals surface area contributed by atoms with Gasteiger partial charge >= 0.3 is 6.09 Å². The molecule has 0 radical (unpaired) electrons. The van der Waals surface area contributed by atoms with E-state index in [-0.39, 0.29) is 18.6 Å². The molecule has 0 spiro atoms. The molecule has 4 rings (SSSR count). The number of carbonyl (C=O) groups excluding carboxylic acids is 2. The second-order valence-electron chi connectivity index (χ2n) is 7.73. The molecule has 1 unspecified atom stereocenters. The zero-order chi connectivity index (χ0) is 22.0. The fraction of sp³-hybridized carbons (Fsp3) is 0.364. The van der Waals surface area contributed by atoms with Crippen LogP contribution in [0.1, 0.15) is 30.0 Å². The van der Waals surface area contributed by atoms with E-state index >= 15 is 0 Å². The molecule has 0 aliphatic carbocycles. The van der Waals surface area contributed by atoms with E-state index in [1.54, 1.807) is 37.3 Å². The molecule has 0 bridgehead atoms. The van der Waals surface area contributed by atoms with Crippen molar-refractivity contribution in [1.82, 2.24) is 10.3 Å². The summed E-state index contributed by atoms with van der Waals surface area (Å²) in [5.74, 6) is 0.988. The first kappa shape index (κ1) is 20.5. The molecule has 31 heavy (non-hydrogen) atoms. The molecule has 3 heterocycles. The third-order valence-corrected chi connectivity index (χ3v) is 5.45. The molecule has 1 aromatic heterocycles. The number of aryl methyl sites for hydroxylation is 1. The number of hydrogen-bond donors (Lipinski definition) is 2. The fourth-order valence-corrected chi connectivity index (χ4v) is 3.69. The number of alkyl carbamates (subject to hydrolysis) is 1. The number of benzene rings is 1. The Morgan fingerprint density at radius 2 is 2.26 bits per heavy atom. The molecule has 2 atom stereocenters. The average molecular weight is 422 g/mol. The summed E-state index contributed by atoms with van der Waals surface area (Å²) in [5, 5.41) is 14.6. The van der Waals surface area contributed by atoms with Crippen molar-refractivity contribution in [3.05, 3.63) is 47.0 Å². The minimum absolute atomic E-state index is 0.153. The van der Waals surface area contributed by atoms with Gasteiger partial charge in [0.25, 0.3) is 5.91 Å². The Bertz CT molecular complexity index is 1080. The van der Waals surface area contributed by atoms with Gasteiger partial charge in [0.05, 0.1) is 24.8 Å². The predicted molar refractivity (Wildman–Crippen MR) is 110 cm³/mol. The van der Waals surface area contributed by atoms with Gasteiger partial charge in [-0.3, -0.25) is 4.79 Å². The van der Waals surface area contributed by atoms with E-state index in [1.165, 1.54) is 7.11 Å². The van der Waals surface area contributed by atoms with Crippen LogP contribution in [0.15, 0.2) is 30.3 Å². The van der Waals surface area contributed by atoms with Gasteiger partial charge in [-0.15, -0.1) is 0 Å². The topological polar surface area (TPSA) is 123 Å². The number of nitrogens with one attached hydrogen (secondary N) is 2. The number of carbonyl (C=O) groups is 2. The zero-order valence-corrected chi connectivity index (χ0v) is 17.2. The van der Waals surface area contributed by atoms with Crippen LogP contribution < -0.4 is 20.1 Å². The highest BCUT2D eigenvalue weighted by atomic mass is 16.6. The zero-order valence-electron chi connectivity index (χ0n) is 17.2. The quantitative estimate of drug-likeness (QED) is 0.758. The normalized spacial score (nSPS) is 21.7. The fourth-order valence-electron chi connectivity index (χ4n) is 3.69. The van der Waals surface area contributed by atoms with Gasteiger partial charge in [-0.05, 0) is 49.2 Å². The number of methoxy groups -OCH3 is 1. The van der Waals surface area contributed by atoms with Crippen LogP contribution in [0.2, 0.25) is 0 Å². The Morgan fingerprint density at radius 3 is 2.97 bits per heavy atom. The number of hydrogen-bond acceptors (Lipinski definition) is 7. The summed E-state index contributed by atoms with van der Waals surface area (Å²) in [6, 6.07) is 10.6. The van der Waals surface area contributed by atoms with Crippen molar-refractivity contribution in [2.24, 2.45) is 0 Å². The van der Waals surface area contributed by atoms with E-state index in [4.69, 9.17) is 19.5 Å². The average Bonchev–Trinajstić information content (AvgIpc) is 3.18. The number of nitrogens with zero attached hydrogens (tertiary/aromatic N) is 2. The Balaban J connectivity index is 1.46. The van der Waals surface area contributed by atoms with Gasteiger partial charge in [-0.2, -0.15) is 10.2 Å². The number of amides is 2. The molecule has 2 amide bonds. The van der Waals surface area contributed by atoms with Crippen LogP contribution in [0.3, 0.4) is 0 Å². The van der Waals surface area contributed by atoms with Gasteiger partial charge in [0.1, 0.15) is 18.2 Å². The molecule has 9 nitrogen and oxygen atoms in total. The molecular formula is C22H22N4O5. The molecule has 1 fully saturated rings. The summed E-state index contributed by atoms with van der Waals surface area (Å²) in [4.78, 5) is 28.6. The first-order valence-corrected chi connectivity index (χ1v) is 9.91. The van der Waals surface area contributed by atoms with Crippen molar-refractivity contribution in [2.45, 2.75) is 37.8 Å². The molecule has 1 saturated heterocycles. The standard InChI is InChI=1S/C22H22N4O5/c1-22(8-7-14-9-13(11-23)3-5-17(14)31-22)20(27)26-18-6-4-15(19(25-18)29-2)10-16-12-30-21(28)24-16/h3-6,9,16H,7-8,10,12H2,1-2H3,(H,24,28)(H,25,26,27)/t16-,22?/m0/s1. The lowest BCUT2D eigenvalue weighted by atomic mass is 9.91. The van der Waals surface area contributed by atoms with Gasteiger partial charge < -0.3 is 24.8 Å². The van der Waals surface area contributed by atoms with Crippen LogP contribution in [-0.4, -0.2) is 42.3 Å². The molecule has 2 aliphatic rings. The Labute approximate surface area is 179 Å². The van der Waals surface area contributed by atoms with Gasteiger partial charge in [-0.1, -0.05) is 0 Å². The monoisotopic (exact) mass is 422 g/mol. The first-order valence-electron chi connectivity index (χ1n) is 9.91. The lowest BCUT2D eigenvalue weighted by Crippen LogP contribution is -2.47. The highest BCUT2D eigenvalue weighted by Gasteiger charge is 2.39. The number of anilines is 1. The maximum Gasteiger partial charge on any atom is 0.407 e. The van der Waals surface area contributed by atoms with Crippen molar-refractivity contribution in [2.75, 3.05) is 19.0 Å². The number of pyridine rings is 1. The molecule has 9 heteroatoms. The highest BCUT2D eigenvalue weighted by molar-refractivity contribution is 5.97. The van der Waals surface area contributed by atoms with E-state index in [9.17, 15) is 9.59 Å². The maximum absolute atomic E-state index is 13.0. The number of aromatic nitrogens is 1. The number of fused-ring (bicyclic) bond motifs is 1. The third-order valence-electron chi connectivity index (χ3n) is 5.45. The minimum atomic E-state index is -1.07. The molecule has 2 N–H and O–H groups in total. The molecule has 0 saturated carbocycles. The van der Waals surface area contributed by atoms with Crippen molar-refractivity contribution in [3.63, 3.8) is 0 Å². The molecular weight excluding hydrogens is 400 g/mol. The van der Waals surface area contributed by atoms with Crippen LogP contribution in [0.25, 0.3) is 0 Å². The summed E-state index contributed by atoms with van der Waals surface area (Å²) in [7, 11) is 1.50. The number of rotatable bonds is 5. The van der Waals surface area contributed by atoms with Gasteiger partial charge in [-0.25, -0.2) is 4.79 Å². The van der Waals surface area contributed by atoms with E-state index in [1.807, 2.05) is 0 Å². The van der Waals surface area contributed by atoms with Crippen LogP contribution in [-0.2, 0) is 22.4 Å². The van der Waals surface area contributed by atoms with Crippen molar-refractivity contribution in [3.8, 4) is 17.7 Å². The SMILES string of the molecule is COc1nc(NC(=O)C2(C)CCc3cc(C#N)ccc3O2)ccc1C[C@H]1COC(=O)N1. The second kappa shape index (κ2) is 8.14. The summed E-state index contributed by atoms with van der Waals surface area (Å²) in [6.07, 6.45) is 1.15. The smallest absolute Gasteiger partial charge is 0.407 e. The number of nitriles is 1. The second-order valence-corrected chi connectivity index (χ2v) is 7.73. The van der Waals surface area contributed by atoms with Crippen molar-refractivity contribution >= 4 is 17.8 Å². The van der Waals surface area contributed by atoms with Crippen molar-refractivity contribution < 1.29 is 23.8 Å². The van der Waals surface area contributed by atoms with Crippen molar-refractivity contribution in [1.29, 1.82) is 5.26 Å². The molecule has 2 aromatic rings. The van der Waals surface area contributed by atoms with Gasteiger partial charge in [0.15, 0.2) is 5.60 Å². The number of cyclic esters (lactones) is 1. The molecule has 1 aromatic carbocycles. The largest absolute Gasteiger partial charge is 0.481 e. The summed E-state index contributed by atoms with van der Waals surface area (Å²) >= 11 is 0. The summed E-state index contributed by atoms with van der Waals surface area (Å²) in [5.41, 5.74) is 1.20. The Kier molecular flexibility index (Phi) is 5.38. The molecule has 160 valence electrons. The first-order chi connectivity index (χ1) is 14.9. The van der Waals surface area contributed by atoms with Gasteiger partial charge in [0, 0.05) is 18.4 Å².